The zero-order chi connectivity index (χ0) is 17.7. The van der Waals surface area contributed by atoms with Gasteiger partial charge in [0.25, 0.3) is 5.91 Å². The third-order valence-corrected chi connectivity index (χ3v) is 4.70. The normalized spacial score (nSPS) is 12.6. The number of sulfone groups is 1. The summed E-state index contributed by atoms with van der Waals surface area (Å²) in [6.45, 7) is 1.99. The second kappa shape index (κ2) is 7.81. The van der Waals surface area contributed by atoms with Crippen LogP contribution < -0.4 is 5.32 Å². The summed E-state index contributed by atoms with van der Waals surface area (Å²) in [6.07, 6.45) is 1.92. The molecule has 4 nitrogen and oxygen atoms in total. The number of nitrogens with one attached hydrogen (secondary N) is 1. The van der Waals surface area contributed by atoms with Gasteiger partial charge in [-0.2, -0.15) is 0 Å². The molecule has 0 aliphatic carbocycles. The van der Waals surface area contributed by atoms with Gasteiger partial charge in [-0.05, 0) is 41.8 Å². The molecular weight excluding hydrogens is 346 g/mol. The molecule has 1 N–H and O–H groups in total. The van der Waals surface area contributed by atoms with E-state index in [0.717, 1.165) is 12.0 Å². The molecule has 128 valence electrons. The lowest BCUT2D eigenvalue weighted by molar-refractivity contribution is 0.0935. The van der Waals surface area contributed by atoms with Crippen molar-refractivity contribution in [3.63, 3.8) is 0 Å². The smallest absolute Gasteiger partial charge is 0.251 e. The number of hydrogen-bond donors (Lipinski definition) is 1. The highest BCUT2D eigenvalue weighted by Gasteiger charge is 2.15. The average molecular weight is 366 g/mol. The van der Waals surface area contributed by atoms with E-state index in [0.29, 0.717) is 16.1 Å². The number of carbonyl (C=O) groups is 1. The maximum absolute atomic E-state index is 12.4. The lowest BCUT2D eigenvalue weighted by Gasteiger charge is -2.18. The van der Waals surface area contributed by atoms with E-state index in [1.165, 1.54) is 6.26 Å². The summed E-state index contributed by atoms with van der Waals surface area (Å²) in [4.78, 5) is 12.4. The van der Waals surface area contributed by atoms with Gasteiger partial charge in [0.2, 0.25) is 0 Å². The van der Waals surface area contributed by atoms with Gasteiger partial charge in [-0.3, -0.25) is 4.79 Å². The Labute approximate surface area is 147 Å². The Bertz CT molecular complexity index is 816. The van der Waals surface area contributed by atoms with Crippen LogP contribution in [-0.2, 0) is 15.6 Å². The maximum atomic E-state index is 12.4. The molecule has 0 saturated heterocycles. The number of hydrogen-bond acceptors (Lipinski definition) is 3. The van der Waals surface area contributed by atoms with Gasteiger partial charge in [0.15, 0.2) is 9.84 Å². The molecule has 0 fully saturated rings. The monoisotopic (exact) mass is 365 g/mol. The molecule has 0 bridgehead atoms. The van der Waals surface area contributed by atoms with E-state index in [-0.39, 0.29) is 17.7 Å². The zero-order valence-corrected chi connectivity index (χ0v) is 15.2. The van der Waals surface area contributed by atoms with Crippen LogP contribution in [0.2, 0.25) is 5.02 Å². The molecule has 0 aliphatic heterocycles. The lowest BCUT2D eigenvalue weighted by atomic mass is 10.0. The van der Waals surface area contributed by atoms with E-state index in [2.05, 4.69) is 5.32 Å². The largest absolute Gasteiger partial charge is 0.345 e. The van der Waals surface area contributed by atoms with Crippen LogP contribution in [0.4, 0.5) is 0 Å². The van der Waals surface area contributed by atoms with Gasteiger partial charge < -0.3 is 5.32 Å². The first-order chi connectivity index (χ1) is 11.3. The summed E-state index contributed by atoms with van der Waals surface area (Å²) < 4.78 is 22.6. The molecule has 2 aromatic rings. The van der Waals surface area contributed by atoms with Gasteiger partial charge in [-0.25, -0.2) is 8.42 Å². The van der Waals surface area contributed by atoms with Crippen LogP contribution in [0.25, 0.3) is 0 Å². The fourth-order valence-electron chi connectivity index (χ4n) is 2.44. The van der Waals surface area contributed by atoms with Crippen LogP contribution in [0, 0.1) is 0 Å². The molecule has 0 aromatic heterocycles. The molecule has 2 aromatic carbocycles. The summed E-state index contributed by atoms with van der Waals surface area (Å²) in [5, 5.41) is 3.61. The van der Waals surface area contributed by atoms with Gasteiger partial charge >= 0.3 is 0 Å². The van der Waals surface area contributed by atoms with E-state index in [4.69, 9.17) is 11.6 Å². The molecule has 6 heteroatoms. The minimum Gasteiger partial charge on any atom is -0.345 e. The van der Waals surface area contributed by atoms with Crippen molar-refractivity contribution in [1.82, 2.24) is 5.32 Å². The fraction of sp³-hybridized carbons (Fsp3) is 0.278. The van der Waals surface area contributed by atoms with Crippen LogP contribution >= 0.6 is 11.6 Å². The lowest BCUT2D eigenvalue weighted by Crippen LogP contribution is -2.28. The maximum Gasteiger partial charge on any atom is 0.251 e. The molecule has 24 heavy (non-hydrogen) atoms. The van der Waals surface area contributed by atoms with Crippen molar-refractivity contribution in [2.45, 2.75) is 25.1 Å². The van der Waals surface area contributed by atoms with E-state index >= 15 is 0 Å². The third-order valence-electron chi connectivity index (χ3n) is 3.61. The van der Waals surface area contributed by atoms with Crippen molar-refractivity contribution in [2.24, 2.45) is 0 Å². The van der Waals surface area contributed by atoms with E-state index in [9.17, 15) is 13.2 Å². The zero-order valence-electron chi connectivity index (χ0n) is 13.6. The molecule has 0 heterocycles. The average Bonchev–Trinajstić information content (AvgIpc) is 2.51. The van der Waals surface area contributed by atoms with E-state index in [1.54, 1.807) is 30.3 Å². The number of rotatable bonds is 6. The quantitative estimate of drug-likeness (QED) is 0.847. The standard InChI is InChI=1S/C18H20ClNO3S/c1-3-17(15-5-4-6-16(19)11-15)20-18(21)14-9-7-13(8-10-14)12-24(2,22)23/h4-11,17H,3,12H2,1-2H3,(H,20,21). The van der Waals surface area contributed by atoms with Gasteiger partial charge in [0.05, 0.1) is 11.8 Å². The van der Waals surface area contributed by atoms with Crippen molar-refractivity contribution in [3.05, 3.63) is 70.2 Å². The second-order valence-electron chi connectivity index (χ2n) is 5.76. The second-order valence-corrected chi connectivity index (χ2v) is 8.33. The number of amides is 1. The predicted molar refractivity (Wildman–Crippen MR) is 96.9 cm³/mol. The Morgan fingerprint density at radius 2 is 1.83 bits per heavy atom. The van der Waals surface area contributed by atoms with E-state index < -0.39 is 9.84 Å². The van der Waals surface area contributed by atoms with E-state index in [1.807, 2.05) is 25.1 Å². The van der Waals surface area contributed by atoms with Crippen LogP contribution in [-0.4, -0.2) is 20.6 Å². The molecule has 0 radical (unpaired) electrons. The predicted octanol–water partition coefficient (Wildman–Crippen LogP) is 3.77. The Balaban J connectivity index is 2.10. The minimum atomic E-state index is -3.09. The minimum absolute atomic E-state index is 0.0327. The molecule has 1 unspecified atom stereocenters. The highest BCUT2D eigenvalue weighted by atomic mass is 35.5. The molecular formula is C18H20ClNO3S. The fourth-order valence-corrected chi connectivity index (χ4v) is 3.44. The van der Waals surface area contributed by atoms with Crippen molar-refractivity contribution < 1.29 is 13.2 Å². The summed E-state index contributed by atoms with van der Waals surface area (Å²) in [5.41, 5.74) is 2.11. The molecule has 0 aliphatic rings. The summed E-state index contributed by atoms with van der Waals surface area (Å²) in [6, 6.07) is 13.9. The van der Waals surface area contributed by atoms with Crippen molar-refractivity contribution in [3.8, 4) is 0 Å². The molecule has 0 spiro atoms. The summed E-state index contributed by atoms with van der Waals surface area (Å²) in [5.74, 6) is -0.234. The first-order valence-corrected chi connectivity index (χ1v) is 10.1. The third kappa shape index (κ3) is 5.35. The Morgan fingerprint density at radius 1 is 1.17 bits per heavy atom. The van der Waals surface area contributed by atoms with Crippen LogP contribution in [0.1, 0.15) is 40.9 Å². The summed E-state index contributed by atoms with van der Waals surface area (Å²) >= 11 is 6.01. The molecule has 0 saturated carbocycles. The van der Waals surface area contributed by atoms with Crippen molar-refractivity contribution in [2.75, 3.05) is 6.26 Å². The Kier molecular flexibility index (Phi) is 6.02. The Hall–Kier alpha value is -1.85. The van der Waals surface area contributed by atoms with Gasteiger partial charge in [0.1, 0.15) is 0 Å². The topological polar surface area (TPSA) is 63.2 Å². The first-order valence-electron chi connectivity index (χ1n) is 7.61. The van der Waals surface area contributed by atoms with Crippen molar-refractivity contribution >= 4 is 27.3 Å². The SMILES string of the molecule is CCC(NC(=O)c1ccc(CS(C)(=O)=O)cc1)c1cccc(Cl)c1. The highest BCUT2D eigenvalue weighted by molar-refractivity contribution is 7.89. The van der Waals surface area contributed by atoms with Gasteiger partial charge in [-0.1, -0.05) is 42.8 Å². The van der Waals surface area contributed by atoms with Gasteiger partial charge in [-0.15, -0.1) is 0 Å². The molecule has 1 amide bonds. The van der Waals surface area contributed by atoms with Crippen LogP contribution in [0.15, 0.2) is 48.5 Å². The number of halogens is 1. The van der Waals surface area contributed by atoms with Gasteiger partial charge in [0, 0.05) is 16.8 Å². The number of carbonyl (C=O) groups excluding carboxylic acids is 1. The Morgan fingerprint density at radius 3 is 2.38 bits per heavy atom. The van der Waals surface area contributed by atoms with Crippen LogP contribution in [0.3, 0.4) is 0 Å². The van der Waals surface area contributed by atoms with Crippen LogP contribution in [0.5, 0.6) is 0 Å². The first kappa shape index (κ1) is 18.5. The molecule has 2 rings (SSSR count). The number of benzene rings is 2. The summed E-state index contributed by atoms with van der Waals surface area (Å²) in [7, 11) is -3.09. The highest BCUT2D eigenvalue weighted by Crippen LogP contribution is 2.21. The van der Waals surface area contributed by atoms with Crippen molar-refractivity contribution in [1.29, 1.82) is 0 Å². The molecule has 1 atom stereocenters.